The molecule has 0 amide bonds. The van der Waals surface area contributed by atoms with E-state index in [1.807, 2.05) is 30.3 Å². The third-order valence-corrected chi connectivity index (χ3v) is 2.82. The van der Waals surface area contributed by atoms with Crippen LogP contribution in [0.2, 0.25) is 0 Å². The first kappa shape index (κ1) is 13.0. The lowest BCUT2D eigenvalue weighted by atomic mass is 10.2. The molecular formula is C13H18N2O3. The lowest BCUT2D eigenvalue weighted by Crippen LogP contribution is -2.34. The van der Waals surface area contributed by atoms with Crippen LogP contribution in [0.25, 0.3) is 0 Å². The van der Waals surface area contributed by atoms with Crippen LogP contribution < -0.4 is 5.73 Å². The monoisotopic (exact) mass is 250 g/mol. The maximum atomic E-state index is 11.6. The smallest absolute Gasteiger partial charge is 0.337 e. The zero-order chi connectivity index (χ0) is 13.0. The third-order valence-electron chi connectivity index (χ3n) is 2.82. The van der Waals surface area contributed by atoms with Gasteiger partial charge in [0.1, 0.15) is 0 Å². The number of nitrogens with zero attached hydrogens (tertiary/aromatic N) is 1. The Morgan fingerprint density at radius 2 is 2.22 bits per heavy atom. The summed E-state index contributed by atoms with van der Waals surface area (Å²) in [6.07, 6.45) is -0.394. The summed E-state index contributed by atoms with van der Waals surface area (Å²) in [6.45, 7) is 2.69. The van der Waals surface area contributed by atoms with Gasteiger partial charge in [-0.25, -0.2) is 4.79 Å². The molecule has 1 heterocycles. The van der Waals surface area contributed by atoms with E-state index in [4.69, 9.17) is 15.3 Å². The van der Waals surface area contributed by atoms with Crippen molar-refractivity contribution >= 4 is 5.97 Å². The van der Waals surface area contributed by atoms with Gasteiger partial charge in [0, 0.05) is 6.42 Å². The van der Waals surface area contributed by atoms with Crippen molar-refractivity contribution in [2.75, 3.05) is 6.61 Å². The van der Waals surface area contributed by atoms with Crippen molar-refractivity contribution in [3.63, 3.8) is 0 Å². The fourth-order valence-electron chi connectivity index (χ4n) is 1.91. The van der Waals surface area contributed by atoms with Crippen molar-refractivity contribution in [3.05, 3.63) is 35.9 Å². The number of ether oxygens (including phenoxy) is 1. The van der Waals surface area contributed by atoms with Gasteiger partial charge in [0.2, 0.25) is 0 Å². The molecule has 0 saturated carbocycles. The Morgan fingerprint density at radius 3 is 2.89 bits per heavy atom. The summed E-state index contributed by atoms with van der Waals surface area (Å²) in [6, 6.07) is 9.86. The summed E-state index contributed by atoms with van der Waals surface area (Å²) in [5.41, 5.74) is 7.04. The predicted molar refractivity (Wildman–Crippen MR) is 66.1 cm³/mol. The van der Waals surface area contributed by atoms with Crippen LogP contribution in [-0.4, -0.2) is 29.9 Å². The number of carbonyl (C=O) groups excluding carboxylic acids is 1. The lowest BCUT2D eigenvalue weighted by molar-refractivity contribution is -0.192. The number of benzene rings is 1. The minimum Gasteiger partial charge on any atom is -0.464 e. The summed E-state index contributed by atoms with van der Waals surface area (Å²) in [5.74, 6) is -0.344. The van der Waals surface area contributed by atoms with Gasteiger partial charge in [-0.05, 0) is 12.5 Å². The molecule has 5 nitrogen and oxygen atoms in total. The second kappa shape index (κ2) is 5.95. The Morgan fingerprint density at radius 1 is 1.50 bits per heavy atom. The van der Waals surface area contributed by atoms with Crippen LogP contribution in [0.5, 0.6) is 0 Å². The average molecular weight is 250 g/mol. The topological polar surface area (TPSA) is 64.8 Å². The van der Waals surface area contributed by atoms with E-state index in [0.29, 0.717) is 19.6 Å². The second-order valence-corrected chi connectivity index (χ2v) is 4.21. The zero-order valence-electron chi connectivity index (χ0n) is 10.4. The van der Waals surface area contributed by atoms with Gasteiger partial charge in [-0.3, -0.25) is 4.84 Å². The molecule has 0 bridgehead atoms. The Balaban J connectivity index is 1.93. The molecule has 2 rings (SSSR count). The highest BCUT2D eigenvalue weighted by Crippen LogP contribution is 2.21. The highest BCUT2D eigenvalue weighted by atomic mass is 16.7. The second-order valence-electron chi connectivity index (χ2n) is 4.21. The number of rotatable bonds is 4. The molecule has 0 aliphatic carbocycles. The number of esters is 1. The average Bonchev–Trinajstić information content (AvgIpc) is 2.73. The molecule has 0 spiro atoms. The maximum absolute atomic E-state index is 11.6. The molecule has 0 unspecified atom stereocenters. The molecule has 98 valence electrons. The number of hydroxylamine groups is 2. The van der Waals surface area contributed by atoms with Crippen molar-refractivity contribution in [3.8, 4) is 0 Å². The van der Waals surface area contributed by atoms with Gasteiger partial charge < -0.3 is 10.5 Å². The Bertz CT molecular complexity index is 396. The van der Waals surface area contributed by atoms with Crippen molar-refractivity contribution in [2.45, 2.75) is 32.2 Å². The van der Waals surface area contributed by atoms with E-state index in [2.05, 4.69) is 0 Å². The highest BCUT2D eigenvalue weighted by Gasteiger charge is 2.36. The molecule has 1 fully saturated rings. The summed E-state index contributed by atoms with van der Waals surface area (Å²) >= 11 is 0. The van der Waals surface area contributed by atoms with Crippen LogP contribution in [0.1, 0.15) is 18.9 Å². The third kappa shape index (κ3) is 3.07. The number of nitrogens with two attached hydrogens (primary N) is 1. The summed E-state index contributed by atoms with van der Waals surface area (Å²) < 4.78 is 4.93. The predicted octanol–water partition coefficient (Wildman–Crippen LogP) is 1.04. The molecule has 1 aromatic carbocycles. The van der Waals surface area contributed by atoms with Gasteiger partial charge in [0.25, 0.3) is 0 Å². The molecule has 5 heteroatoms. The Hall–Kier alpha value is -1.43. The van der Waals surface area contributed by atoms with Crippen molar-refractivity contribution < 1.29 is 14.4 Å². The quantitative estimate of drug-likeness (QED) is 0.809. The molecule has 0 aromatic heterocycles. The van der Waals surface area contributed by atoms with Crippen LogP contribution in [0, 0.1) is 0 Å². The molecule has 2 N–H and O–H groups in total. The number of hydrogen-bond acceptors (Lipinski definition) is 5. The molecule has 2 atom stereocenters. The summed E-state index contributed by atoms with van der Waals surface area (Å²) in [5, 5.41) is 1.64. The maximum Gasteiger partial charge on any atom is 0.337 e. The van der Waals surface area contributed by atoms with E-state index >= 15 is 0 Å². The molecule has 1 aliphatic heterocycles. The van der Waals surface area contributed by atoms with Crippen LogP contribution in [0.4, 0.5) is 0 Å². The van der Waals surface area contributed by atoms with E-state index in [0.717, 1.165) is 5.56 Å². The van der Waals surface area contributed by atoms with E-state index < -0.39 is 6.10 Å². The largest absolute Gasteiger partial charge is 0.464 e. The van der Waals surface area contributed by atoms with Gasteiger partial charge >= 0.3 is 5.97 Å². The van der Waals surface area contributed by atoms with Gasteiger partial charge in [0.05, 0.1) is 19.3 Å². The van der Waals surface area contributed by atoms with Gasteiger partial charge in [-0.2, -0.15) is 5.06 Å². The van der Waals surface area contributed by atoms with E-state index in [-0.39, 0.29) is 12.1 Å². The van der Waals surface area contributed by atoms with E-state index in [9.17, 15) is 4.79 Å². The fraction of sp³-hybridized carbons (Fsp3) is 0.462. The molecule has 1 aromatic rings. The van der Waals surface area contributed by atoms with Crippen LogP contribution in [-0.2, 0) is 20.9 Å². The van der Waals surface area contributed by atoms with Crippen LogP contribution in [0.15, 0.2) is 30.3 Å². The van der Waals surface area contributed by atoms with Gasteiger partial charge in [-0.15, -0.1) is 0 Å². The molecule has 0 radical (unpaired) electrons. The van der Waals surface area contributed by atoms with Gasteiger partial charge in [-0.1, -0.05) is 30.3 Å². The number of carbonyl (C=O) groups is 1. The minimum atomic E-state index is -0.580. The first-order valence-electron chi connectivity index (χ1n) is 6.10. The standard InChI is InChI=1S/C13H18N2O3/c1-2-17-13(16)11-8-12(14)15(18-11)9-10-6-4-3-5-7-10/h3-7,11-12H,2,8-9,14H2,1H3/t11-,12-/m1/s1. The van der Waals surface area contributed by atoms with E-state index in [1.165, 1.54) is 0 Å². The first-order chi connectivity index (χ1) is 8.70. The minimum absolute atomic E-state index is 0.278. The van der Waals surface area contributed by atoms with Crippen molar-refractivity contribution in [1.82, 2.24) is 5.06 Å². The lowest BCUT2D eigenvalue weighted by Gasteiger charge is -2.19. The molecular weight excluding hydrogens is 232 g/mol. The van der Waals surface area contributed by atoms with Crippen molar-refractivity contribution in [1.29, 1.82) is 0 Å². The fourth-order valence-corrected chi connectivity index (χ4v) is 1.91. The van der Waals surface area contributed by atoms with Crippen LogP contribution >= 0.6 is 0 Å². The zero-order valence-corrected chi connectivity index (χ0v) is 10.4. The highest BCUT2D eigenvalue weighted by molar-refractivity contribution is 5.74. The molecule has 1 saturated heterocycles. The summed E-state index contributed by atoms with van der Waals surface area (Å²) in [4.78, 5) is 17.1. The first-order valence-corrected chi connectivity index (χ1v) is 6.10. The van der Waals surface area contributed by atoms with Gasteiger partial charge in [0.15, 0.2) is 6.10 Å². The Labute approximate surface area is 106 Å². The SMILES string of the molecule is CCOC(=O)[C@H]1C[C@H](N)N(Cc2ccccc2)O1. The normalized spacial score (nSPS) is 24.1. The summed E-state index contributed by atoms with van der Waals surface area (Å²) in [7, 11) is 0. The number of hydrogen-bond donors (Lipinski definition) is 1. The van der Waals surface area contributed by atoms with Crippen molar-refractivity contribution in [2.24, 2.45) is 5.73 Å². The van der Waals surface area contributed by atoms with E-state index in [1.54, 1.807) is 12.0 Å². The van der Waals surface area contributed by atoms with Crippen LogP contribution in [0.3, 0.4) is 0 Å². The molecule has 18 heavy (non-hydrogen) atoms. The Kier molecular flexibility index (Phi) is 4.30. The molecule has 1 aliphatic rings.